The number of hydrogen-bond donors (Lipinski definition) is 0. The summed E-state index contributed by atoms with van der Waals surface area (Å²) in [6.07, 6.45) is 2.82. The van der Waals surface area contributed by atoms with Crippen LogP contribution in [0.3, 0.4) is 0 Å². The quantitative estimate of drug-likeness (QED) is 0.509. The average Bonchev–Trinajstić information content (AvgIpc) is 1.67. The molecule has 0 saturated heterocycles. The highest BCUT2D eigenvalue weighted by Crippen LogP contribution is 2.18. The molecule has 1 atom stereocenters. The maximum Gasteiger partial charge on any atom is 0.00705 e. The zero-order chi connectivity index (χ0) is 6.57. The van der Waals surface area contributed by atoms with Gasteiger partial charge in [0.2, 0.25) is 0 Å². The minimum atomic E-state index is 0.932. The van der Waals surface area contributed by atoms with E-state index in [1.54, 1.807) is 0 Å². The highest BCUT2D eigenvalue weighted by atomic mass is 28.1. The lowest BCUT2D eigenvalue weighted by Crippen LogP contribution is -1.99. The Bertz CT molecular complexity index is 50.3. The Morgan fingerprint density at radius 3 is 2.00 bits per heavy atom. The molecule has 1 heteroatoms. The van der Waals surface area contributed by atoms with E-state index in [4.69, 9.17) is 0 Å². The molecule has 0 rings (SSSR count). The molecule has 0 aliphatic carbocycles. The van der Waals surface area contributed by atoms with Gasteiger partial charge in [-0.2, -0.15) is 0 Å². The Morgan fingerprint density at radius 2 is 1.88 bits per heavy atom. The van der Waals surface area contributed by atoms with Crippen LogP contribution in [0.15, 0.2) is 0 Å². The Morgan fingerprint density at radius 1 is 1.38 bits per heavy atom. The van der Waals surface area contributed by atoms with Gasteiger partial charge in [-0.1, -0.05) is 39.2 Å². The van der Waals surface area contributed by atoms with Crippen molar-refractivity contribution < 1.29 is 0 Å². The molecule has 0 heterocycles. The summed E-state index contributed by atoms with van der Waals surface area (Å²) >= 11 is 0. The monoisotopic (exact) mass is 130 g/mol. The molecule has 0 aliphatic heterocycles. The largest absolute Gasteiger partial charge is 0.0654 e. The summed E-state index contributed by atoms with van der Waals surface area (Å²) < 4.78 is 0. The van der Waals surface area contributed by atoms with E-state index >= 15 is 0 Å². The first-order valence-electron chi connectivity index (χ1n) is 3.68. The van der Waals surface area contributed by atoms with Crippen LogP contribution in [0, 0.1) is 5.92 Å². The predicted octanol–water partition coefficient (Wildman–Crippen LogP) is 1.60. The standard InChI is InChI=1S/C7H18Si/c1-4-5-7(8)6(2)3/h6-7H,4-5H2,1-3,8H3. The lowest BCUT2D eigenvalue weighted by Gasteiger charge is -2.12. The highest BCUT2D eigenvalue weighted by molar-refractivity contribution is 6.11. The first kappa shape index (κ1) is 8.22. The van der Waals surface area contributed by atoms with Crippen molar-refractivity contribution in [2.24, 2.45) is 5.92 Å². The Labute approximate surface area is 56.1 Å². The van der Waals surface area contributed by atoms with Crippen LogP contribution in [-0.2, 0) is 0 Å². The Hall–Kier alpha value is 0.217. The molecule has 0 spiro atoms. The van der Waals surface area contributed by atoms with Gasteiger partial charge in [0.25, 0.3) is 0 Å². The number of hydrogen-bond acceptors (Lipinski definition) is 0. The second-order valence-corrected chi connectivity index (χ2v) is 4.49. The van der Waals surface area contributed by atoms with Gasteiger partial charge in [0.05, 0.1) is 0 Å². The van der Waals surface area contributed by atoms with Gasteiger partial charge >= 0.3 is 0 Å². The predicted molar refractivity (Wildman–Crippen MR) is 43.4 cm³/mol. The molecule has 0 saturated carbocycles. The lowest BCUT2D eigenvalue weighted by atomic mass is 10.1. The van der Waals surface area contributed by atoms with Gasteiger partial charge < -0.3 is 0 Å². The molecule has 8 heavy (non-hydrogen) atoms. The van der Waals surface area contributed by atoms with Crippen molar-refractivity contribution >= 4 is 10.2 Å². The molecule has 0 bridgehead atoms. The summed E-state index contributed by atoms with van der Waals surface area (Å²) in [5.74, 6) is 0.932. The van der Waals surface area contributed by atoms with Crippen LogP contribution >= 0.6 is 0 Å². The van der Waals surface area contributed by atoms with Gasteiger partial charge in [-0.05, 0) is 5.92 Å². The lowest BCUT2D eigenvalue weighted by molar-refractivity contribution is 0.549. The minimum Gasteiger partial charge on any atom is -0.0654 e. The third kappa shape index (κ3) is 3.25. The first-order valence-corrected chi connectivity index (χ1v) is 4.84. The molecule has 50 valence electrons. The van der Waals surface area contributed by atoms with E-state index in [1.807, 2.05) is 0 Å². The third-order valence-electron chi connectivity index (χ3n) is 1.88. The van der Waals surface area contributed by atoms with Crippen LogP contribution < -0.4 is 0 Å². The maximum absolute atomic E-state index is 2.33. The van der Waals surface area contributed by atoms with Gasteiger partial charge in [0.1, 0.15) is 0 Å². The van der Waals surface area contributed by atoms with E-state index in [2.05, 4.69) is 20.8 Å². The van der Waals surface area contributed by atoms with Crippen molar-refractivity contribution in [3.8, 4) is 0 Å². The SMILES string of the molecule is CCCC([SiH3])C(C)C. The molecule has 0 radical (unpaired) electrons. The van der Waals surface area contributed by atoms with Gasteiger partial charge in [0, 0.05) is 10.2 Å². The molecule has 0 fully saturated rings. The van der Waals surface area contributed by atoms with E-state index < -0.39 is 0 Å². The molecular weight excluding hydrogens is 112 g/mol. The summed E-state index contributed by atoms with van der Waals surface area (Å²) in [6, 6.07) is 0. The normalized spacial score (nSPS) is 15.0. The molecule has 0 aromatic heterocycles. The van der Waals surface area contributed by atoms with Crippen molar-refractivity contribution in [1.29, 1.82) is 0 Å². The zero-order valence-corrected chi connectivity index (χ0v) is 8.57. The van der Waals surface area contributed by atoms with Crippen LogP contribution in [-0.4, -0.2) is 10.2 Å². The molecule has 0 N–H and O–H groups in total. The Kier molecular flexibility index (Phi) is 4.24. The average molecular weight is 130 g/mol. The van der Waals surface area contributed by atoms with Gasteiger partial charge in [-0.3, -0.25) is 0 Å². The van der Waals surface area contributed by atoms with Crippen molar-refractivity contribution in [3.05, 3.63) is 0 Å². The van der Waals surface area contributed by atoms with Crippen molar-refractivity contribution in [1.82, 2.24) is 0 Å². The molecule has 0 aromatic rings. The van der Waals surface area contributed by atoms with E-state index in [0.717, 1.165) is 11.5 Å². The minimum absolute atomic E-state index is 0.932. The van der Waals surface area contributed by atoms with Crippen LogP contribution in [0.4, 0.5) is 0 Å². The molecule has 0 aliphatic rings. The van der Waals surface area contributed by atoms with Crippen LogP contribution in [0.1, 0.15) is 33.6 Å². The molecular formula is C7H18Si. The van der Waals surface area contributed by atoms with Crippen LogP contribution in [0.2, 0.25) is 5.54 Å². The molecule has 0 nitrogen and oxygen atoms in total. The fourth-order valence-corrected chi connectivity index (χ4v) is 1.37. The van der Waals surface area contributed by atoms with Crippen LogP contribution in [0.5, 0.6) is 0 Å². The second-order valence-electron chi connectivity index (χ2n) is 3.01. The summed E-state index contributed by atoms with van der Waals surface area (Å²) in [7, 11) is 1.38. The van der Waals surface area contributed by atoms with Crippen molar-refractivity contribution in [2.75, 3.05) is 0 Å². The zero-order valence-electron chi connectivity index (χ0n) is 6.57. The van der Waals surface area contributed by atoms with E-state index in [1.165, 1.54) is 23.1 Å². The number of rotatable bonds is 3. The first-order chi connectivity index (χ1) is 3.68. The third-order valence-corrected chi connectivity index (χ3v) is 3.79. The summed E-state index contributed by atoms with van der Waals surface area (Å²) in [5, 5.41) is 0. The van der Waals surface area contributed by atoms with Gasteiger partial charge in [0.15, 0.2) is 0 Å². The summed E-state index contributed by atoms with van der Waals surface area (Å²) in [6.45, 7) is 6.92. The van der Waals surface area contributed by atoms with E-state index in [0.29, 0.717) is 0 Å². The smallest absolute Gasteiger partial charge is 0.00705 e. The topological polar surface area (TPSA) is 0 Å². The molecule has 0 aromatic carbocycles. The second kappa shape index (κ2) is 4.13. The highest BCUT2D eigenvalue weighted by Gasteiger charge is 2.03. The van der Waals surface area contributed by atoms with Gasteiger partial charge in [-0.25, -0.2) is 0 Å². The van der Waals surface area contributed by atoms with Gasteiger partial charge in [-0.15, -0.1) is 0 Å². The molecule has 0 amide bonds. The van der Waals surface area contributed by atoms with E-state index in [9.17, 15) is 0 Å². The Balaban J connectivity index is 3.17. The van der Waals surface area contributed by atoms with E-state index in [-0.39, 0.29) is 0 Å². The maximum atomic E-state index is 2.33. The fourth-order valence-electron chi connectivity index (χ4n) is 0.789. The van der Waals surface area contributed by atoms with Crippen LogP contribution in [0.25, 0.3) is 0 Å². The van der Waals surface area contributed by atoms with Crippen molar-refractivity contribution in [3.63, 3.8) is 0 Å². The summed E-state index contributed by atoms with van der Waals surface area (Å²) in [4.78, 5) is 0. The van der Waals surface area contributed by atoms with Crippen molar-refractivity contribution in [2.45, 2.75) is 39.2 Å². The molecule has 1 unspecified atom stereocenters. The fraction of sp³-hybridized carbons (Fsp3) is 1.00. The summed E-state index contributed by atoms with van der Waals surface area (Å²) in [5.41, 5.74) is 1.06.